The maximum atomic E-state index is 12.8. The van der Waals surface area contributed by atoms with Crippen LogP contribution in [0.2, 0.25) is 0 Å². The lowest BCUT2D eigenvalue weighted by molar-refractivity contribution is -0.215. The number of carbonyl (C=O) groups excluding carboxylic acids is 1. The average molecular weight is 309 g/mol. The number of carboxylic acid groups (broad SMARTS) is 1. The summed E-state index contributed by atoms with van der Waals surface area (Å²) in [5.74, 6) is -1.83. The number of carbonyl (C=O) groups is 2. The van der Waals surface area contributed by atoms with Crippen LogP contribution < -0.4 is 0 Å². The molecule has 0 aromatic heterocycles. The highest BCUT2D eigenvalue weighted by Gasteiger charge is 2.52. The lowest BCUT2D eigenvalue weighted by atomic mass is 9.76. The molecule has 0 saturated carbocycles. The molecule has 1 saturated heterocycles. The summed E-state index contributed by atoms with van der Waals surface area (Å²) in [6.45, 7) is 5.63. The van der Waals surface area contributed by atoms with Gasteiger partial charge in [0.2, 0.25) is 5.91 Å². The van der Waals surface area contributed by atoms with E-state index in [-0.39, 0.29) is 25.4 Å². The third-order valence-electron chi connectivity index (χ3n) is 4.55. The first-order valence-corrected chi connectivity index (χ1v) is 6.91. The minimum Gasteiger partial charge on any atom is -0.481 e. The number of carboxylic acids is 1. The number of halogens is 3. The van der Waals surface area contributed by atoms with Gasteiger partial charge in [0.1, 0.15) is 0 Å². The number of amides is 1. The Morgan fingerprint density at radius 2 is 1.81 bits per heavy atom. The lowest BCUT2D eigenvalue weighted by Crippen LogP contribution is -2.43. The van der Waals surface area contributed by atoms with Crippen molar-refractivity contribution in [3.63, 3.8) is 0 Å². The number of aliphatic carboxylic acids is 1. The van der Waals surface area contributed by atoms with Crippen molar-refractivity contribution in [2.75, 3.05) is 13.1 Å². The molecule has 1 amide bonds. The van der Waals surface area contributed by atoms with Gasteiger partial charge in [-0.1, -0.05) is 27.7 Å². The van der Waals surface area contributed by atoms with Crippen molar-refractivity contribution in [2.24, 2.45) is 16.7 Å². The van der Waals surface area contributed by atoms with Crippen LogP contribution in [0.15, 0.2) is 0 Å². The molecule has 1 aliphatic rings. The van der Waals surface area contributed by atoms with Crippen LogP contribution in [0.1, 0.15) is 40.5 Å². The van der Waals surface area contributed by atoms with E-state index in [1.807, 2.05) is 0 Å². The number of rotatable bonds is 4. The predicted octanol–water partition coefficient (Wildman–Crippen LogP) is 2.92. The Labute approximate surface area is 122 Å². The summed E-state index contributed by atoms with van der Waals surface area (Å²) in [5.41, 5.74) is -3.17. The fraction of sp³-hybridized carbons (Fsp3) is 0.857. The molecule has 0 radical (unpaired) electrons. The molecule has 0 aromatic carbocycles. The van der Waals surface area contributed by atoms with Crippen molar-refractivity contribution >= 4 is 11.9 Å². The molecular weight excluding hydrogens is 287 g/mol. The van der Waals surface area contributed by atoms with E-state index < -0.39 is 35.3 Å². The van der Waals surface area contributed by atoms with Crippen molar-refractivity contribution < 1.29 is 27.9 Å². The maximum Gasteiger partial charge on any atom is 0.394 e. The van der Waals surface area contributed by atoms with Crippen molar-refractivity contribution in [3.8, 4) is 0 Å². The molecule has 7 heteroatoms. The topological polar surface area (TPSA) is 57.6 Å². The molecule has 1 N–H and O–H groups in total. The van der Waals surface area contributed by atoms with Crippen LogP contribution >= 0.6 is 0 Å². The molecule has 0 bridgehead atoms. The molecule has 1 aliphatic heterocycles. The quantitative estimate of drug-likeness (QED) is 0.868. The van der Waals surface area contributed by atoms with Crippen LogP contribution in [0.4, 0.5) is 13.2 Å². The minimum absolute atomic E-state index is 0.0211. The molecule has 0 spiro atoms. The Morgan fingerprint density at radius 1 is 1.29 bits per heavy atom. The summed E-state index contributed by atoms with van der Waals surface area (Å²) in [4.78, 5) is 24.8. The summed E-state index contributed by atoms with van der Waals surface area (Å²) < 4.78 is 38.5. The van der Waals surface area contributed by atoms with Crippen molar-refractivity contribution in [2.45, 2.75) is 46.7 Å². The second kappa shape index (κ2) is 5.50. The van der Waals surface area contributed by atoms with E-state index in [9.17, 15) is 27.9 Å². The van der Waals surface area contributed by atoms with E-state index in [1.165, 1.54) is 4.90 Å². The van der Waals surface area contributed by atoms with E-state index >= 15 is 0 Å². The Bertz CT molecular complexity index is 432. The first kappa shape index (κ1) is 17.8. The second-order valence-corrected chi connectivity index (χ2v) is 6.74. The number of nitrogens with zero attached hydrogens (tertiary/aromatic N) is 1. The normalized spacial score (nSPS) is 23.7. The second-order valence-electron chi connectivity index (χ2n) is 6.74. The van der Waals surface area contributed by atoms with Crippen LogP contribution in [-0.4, -0.2) is 41.1 Å². The van der Waals surface area contributed by atoms with E-state index in [1.54, 1.807) is 13.8 Å². The van der Waals surface area contributed by atoms with Crippen LogP contribution in [0, 0.1) is 16.7 Å². The van der Waals surface area contributed by atoms with Crippen molar-refractivity contribution in [1.82, 2.24) is 4.90 Å². The van der Waals surface area contributed by atoms with Gasteiger partial charge < -0.3 is 10.0 Å². The third kappa shape index (κ3) is 3.32. The van der Waals surface area contributed by atoms with Gasteiger partial charge in [-0.05, 0) is 12.3 Å². The van der Waals surface area contributed by atoms with Gasteiger partial charge in [0.05, 0.1) is 10.8 Å². The Hall–Kier alpha value is -1.27. The highest BCUT2D eigenvalue weighted by Crippen LogP contribution is 2.43. The lowest BCUT2D eigenvalue weighted by Gasteiger charge is -2.31. The SMILES string of the molecule is CC(C)[C@]1(C(=O)O)CCN(C(=O)CC(C)(C)C(F)(F)F)C1. The smallest absolute Gasteiger partial charge is 0.394 e. The van der Waals surface area contributed by atoms with E-state index in [0.717, 1.165) is 13.8 Å². The Kier molecular flexibility index (Phi) is 4.65. The number of hydrogen-bond donors (Lipinski definition) is 1. The molecule has 0 unspecified atom stereocenters. The van der Waals surface area contributed by atoms with Gasteiger partial charge in [-0.25, -0.2) is 0 Å². The monoisotopic (exact) mass is 309 g/mol. The van der Waals surface area contributed by atoms with Gasteiger partial charge in [-0.2, -0.15) is 13.2 Å². The van der Waals surface area contributed by atoms with Gasteiger partial charge >= 0.3 is 12.1 Å². The van der Waals surface area contributed by atoms with Gasteiger partial charge in [-0.3, -0.25) is 9.59 Å². The standard InChI is InChI=1S/C14H22F3NO3/c1-9(2)13(11(20)21)5-6-18(8-13)10(19)7-12(3,4)14(15,16)17/h9H,5-8H2,1-4H3,(H,20,21)/t13-/m0/s1. The van der Waals surface area contributed by atoms with Crippen molar-refractivity contribution in [3.05, 3.63) is 0 Å². The van der Waals surface area contributed by atoms with Crippen LogP contribution in [0.3, 0.4) is 0 Å². The molecule has 0 aliphatic carbocycles. The van der Waals surface area contributed by atoms with Crippen molar-refractivity contribution in [1.29, 1.82) is 0 Å². The minimum atomic E-state index is -4.47. The summed E-state index contributed by atoms with van der Waals surface area (Å²) in [6, 6.07) is 0. The predicted molar refractivity (Wildman–Crippen MR) is 70.6 cm³/mol. The molecule has 0 aromatic rings. The number of hydrogen-bond acceptors (Lipinski definition) is 2. The summed E-state index contributed by atoms with van der Waals surface area (Å²) >= 11 is 0. The average Bonchev–Trinajstić information content (AvgIpc) is 2.72. The van der Waals surface area contributed by atoms with Gasteiger partial charge in [0, 0.05) is 19.5 Å². The maximum absolute atomic E-state index is 12.8. The summed E-state index contributed by atoms with van der Waals surface area (Å²) in [6.07, 6.45) is -4.85. The Morgan fingerprint density at radius 3 is 2.14 bits per heavy atom. The molecule has 1 fully saturated rings. The third-order valence-corrected chi connectivity index (χ3v) is 4.55. The summed E-state index contributed by atoms with van der Waals surface area (Å²) in [5, 5.41) is 9.38. The zero-order valence-corrected chi connectivity index (χ0v) is 12.8. The Balaban J connectivity index is 2.82. The molecule has 1 atom stereocenters. The highest BCUT2D eigenvalue weighted by atomic mass is 19.4. The van der Waals surface area contributed by atoms with E-state index in [4.69, 9.17) is 0 Å². The van der Waals surface area contributed by atoms with E-state index in [2.05, 4.69) is 0 Å². The van der Waals surface area contributed by atoms with Gasteiger partial charge in [0.15, 0.2) is 0 Å². The van der Waals surface area contributed by atoms with E-state index in [0.29, 0.717) is 0 Å². The zero-order valence-electron chi connectivity index (χ0n) is 12.8. The molecule has 122 valence electrons. The summed E-state index contributed by atoms with van der Waals surface area (Å²) in [7, 11) is 0. The van der Waals surface area contributed by atoms with Crippen LogP contribution in [0.25, 0.3) is 0 Å². The number of alkyl halides is 3. The molecule has 1 heterocycles. The molecule has 1 rings (SSSR count). The van der Waals surface area contributed by atoms with Gasteiger partial charge in [0.25, 0.3) is 0 Å². The first-order chi connectivity index (χ1) is 9.33. The molecule has 4 nitrogen and oxygen atoms in total. The highest BCUT2D eigenvalue weighted by molar-refractivity contribution is 5.81. The van der Waals surface area contributed by atoms with Crippen LogP contribution in [0.5, 0.6) is 0 Å². The first-order valence-electron chi connectivity index (χ1n) is 6.91. The van der Waals surface area contributed by atoms with Crippen LogP contribution in [-0.2, 0) is 9.59 Å². The molecule has 21 heavy (non-hydrogen) atoms. The zero-order chi connectivity index (χ0) is 16.6. The fourth-order valence-corrected chi connectivity index (χ4v) is 2.53. The fourth-order valence-electron chi connectivity index (χ4n) is 2.53. The number of likely N-dealkylation sites (tertiary alicyclic amines) is 1. The molecular formula is C14H22F3NO3. The largest absolute Gasteiger partial charge is 0.481 e. The van der Waals surface area contributed by atoms with Gasteiger partial charge in [-0.15, -0.1) is 0 Å².